The lowest BCUT2D eigenvalue weighted by atomic mass is 9.78. The quantitative estimate of drug-likeness (QED) is 0.654. The Hall–Kier alpha value is -1.24. The van der Waals surface area contributed by atoms with Crippen LogP contribution in [-0.2, 0) is 9.39 Å². The SMILES string of the molecule is COC(=O)c1ccc2c(c1)SCCC=C2BOC(C)(C)C(C)(C)O. The largest absolute Gasteiger partial charge is 0.465 e. The Morgan fingerprint density at radius 2 is 2.00 bits per heavy atom. The Balaban J connectivity index is 2.24. The maximum absolute atomic E-state index is 11.7. The second-order valence-electron chi connectivity index (χ2n) is 6.93. The molecular weight excluding hydrogens is 323 g/mol. The average Bonchev–Trinajstić information content (AvgIpc) is 2.72. The van der Waals surface area contributed by atoms with E-state index in [2.05, 4.69) is 6.08 Å². The van der Waals surface area contributed by atoms with Gasteiger partial charge in [-0.05, 0) is 57.3 Å². The maximum atomic E-state index is 11.7. The Labute approximate surface area is 148 Å². The van der Waals surface area contributed by atoms with Crippen molar-refractivity contribution in [3.63, 3.8) is 0 Å². The lowest BCUT2D eigenvalue weighted by Gasteiger charge is -2.38. The van der Waals surface area contributed by atoms with Crippen LogP contribution in [0.25, 0.3) is 5.47 Å². The van der Waals surface area contributed by atoms with Gasteiger partial charge in [0.15, 0.2) is 0 Å². The van der Waals surface area contributed by atoms with Crippen molar-refractivity contribution < 1.29 is 19.3 Å². The van der Waals surface area contributed by atoms with Crippen molar-refractivity contribution in [2.24, 2.45) is 0 Å². The van der Waals surface area contributed by atoms with Gasteiger partial charge in [-0.2, -0.15) is 0 Å². The Morgan fingerprint density at radius 3 is 2.62 bits per heavy atom. The summed E-state index contributed by atoms with van der Waals surface area (Å²) < 4.78 is 10.8. The highest BCUT2D eigenvalue weighted by atomic mass is 32.2. The van der Waals surface area contributed by atoms with Crippen molar-refractivity contribution in [3.05, 3.63) is 35.4 Å². The molecule has 0 bridgehead atoms. The fourth-order valence-corrected chi connectivity index (χ4v) is 3.26. The van der Waals surface area contributed by atoms with Crippen molar-refractivity contribution in [3.8, 4) is 0 Å². The molecule has 1 heterocycles. The van der Waals surface area contributed by atoms with Gasteiger partial charge in [0, 0.05) is 10.6 Å². The summed E-state index contributed by atoms with van der Waals surface area (Å²) in [4.78, 5) is 12.8. The molecule has 0 aromatic heterocycles. The Morgan fingerprint density at radius 1 is 1.29 bits per heavy atom. The molecule has 1 aliphatic rings. The standard InChI is InChI=1S/C18H25BO4S/c1-17(2,21)18(3,4)23-19-14-7-6-10-24-15-11-12(16(20)22-5)8-9-13(14)15/h7-9,11,19,21H,6,10H2,1-5H3. The van der Waals surface area contributed by atoms with Gasteiger partial charge in [-0.15, -0.1) is 11.8 Å². The van der Waals surface area contributed by atoms with Gasteiger partial charge in [-0.25, -0.2) is 4.79 Å². The first-order valence-electron chi connectivity index (χ1n) is 8.06. The molecule has 0 unspecified atom stereocenters. The van der Waals surface area contributed by atoms with E-state index >= 15 is 0 Å². The molecule has 1 aliphatic heterocycles. The van der Waals surface area contributed by atoms with Gasteiger partial charge in [-0.1, -0.05) is 12.1 Å². The zero-order valence-corrected chi connectivity index (χ0v) is 15.8. The van der Waals surface area contributed by atoms with Crippen molar-refractivity contribution >= 4 is 30.7 Å². The van der Waals surface area contributed by atoms with E-state index in [0.29, 0.717) is 13.0 Å². The number of hydrogen-bond acceptors (Lipinski definition) is 5. The third-order valence-corrected chi connectivity index (χ3v) is 5.67. The number of esters is 1. The minimum atomic E-state index is -0.940. The van der Waals surface area contributed by atoms with Gasteiger partial charge in [0.25, 0.3) is 0 Å². The van der Waals surface area contributed by atoms with E-state index in [1.807, 2.05) is 26.0 Å². The number of aliphatic hydroxyl groups is 1. The second kappa shape index (κ2) is 7.34. The number of carbonyl (C=O) groups is 1. The van der Waals surface area contributed by atoms with E-state index in [4.69, 9.17) is 9.39 Å². The summed E-state index contributed by atoms with van der Waals surface area (Å²) in [5.41, 5.74) is 1.12. The number of methoxy groups -OCH3 is 1. The summed E-state index contributed by atoms with van der Waals surface area (Å²) >= 11 is 1.73. The topological polar surface area (TPSA) is 55.8 Å². The second-order valence-corrected chi connectivity index (χ2v) is 8.06. The molecule has 0 amide bonds. The number of allylic oxidation sites excluding steroid dienone is 1. The van der Waals surface area contributed by atoms with Crippen LogP contribution in [0.4, 0.5) is 0 Å². The van der Waals surface area contributed by atoms with E-state index < -0.39 is 11.2 Å². The highest BCUT2D eigenvalue weighted by Crippen LogP contribution is 2.34. The molecule has 0 saturated carbocycles. The van der Waals surface area contributed by atoms with Crippen LogP contribution >= 0.6 is 11.8 Å². The normalized spacial score (nSPS) is 15.2. The molecule has 0 fully saturated rings. The van der Waals surface area contributed by atoms with Gasteiger partial charge in [0.1, 0.15) is 0 Å². The number of carbonyl (C=O) groups excluding carboxylic acids is 1. The van der Waals surface area contributed by atoms with E-state index in [1.54, 1.807) is 31.7 Å². The first-order chi connectivity index (χ1) is 11.2. The summed E-state index contributed by atoms with van der Waals surface area (Å²) in [5.74, 6) is 0.628. The predicted octanol–water partition coefficient (Wildman–Crippen LogP) is 3.23. The number of benzene rings is 1. The van der Waals surface area contributed by atoms with Crippen LogP contribution in [0.2, 0.25) is 0 Å². The molecule has 130 valence electrons. The Kier molecular flexibility index (Phi) is 5.84. The smallest absolute Gasteiger partial charge is 0.337 e. The molecule has 0 aliphatic carbocycles. The molecule has 6 heteroatoms. The molecule has 1 aromatic carbocycles. The van der Waals surface area contributed by atoms with Crippen molar-refractivity contribution in [1.29, 1.82) is 0 Å². The van der Waals surface area contributed by atoms with Crippen LogP contribution in [0.15, 0.2) is 29.2 Å². The molecule has 0 radical (unpaired) electrons. The lowest BCUT2D eigenvalue weighted by molar-refractivity contribution is -0.0892. The number of rotatable bonds is 5. The minimum absolute atomic E-state index is 0.326. The number of thioether (sulfide) groups is 1. The van der Waals surface area contributed by atoms with E-state index in [9.17, 15) is 9.90 Å². The van der Waals surface area contributed by atoms with Crippen LogP contribution in [0.1, 0.15) is 50.0 Å². The van der Waals surface area contributed by atoms with Crippen LogP contribution in [-0.4, -0.2) is 42.6 Å². The van der Waals surface area contributed by atoms with E-state index in [0.717, 1.165) is 28.1 Å². The third-order valence-electron chi connectivity index (χ3n) is 4.58. The summed E-state index contributed by atoms with van der Waals surface area (Å²) in [6.07, 6.45) is 3.12. The van der Waals surface area contributed by atoms with Crippen LogP contribution in [0.5, 0.6) is 0 Å². The van der Waals surface area contributed by atoms with Gasteiger partial charge >= 0.3 is 13.5 Å². The molecular formula is C18H25BO4S. The molecule has 4 nitrogen and oxygen atoms in total. The molecule has 0 atom stereocenters. The highest BCUT2D eigenvalue weighted by molar-refractivity contribution is 7.99. The Bertz CT molecular complexity index is 647. The van der Waals surface area contributed by atoms with Crippen molar-refractivity contribution in [2.45, 2.75) is 50.2 Å². The zero-order valence-electron chi connectivity index (χ0n) is 15.0. The number of fused-ring (bicyclic) bond motifs is 1. The molecule has 1 N–H and O–H groups in total. The fraction of sp³-hybridized carbons (Fsp3) is 0.500. The van der Waals surface area contributed by atoms with Crippen molar-refractivity contribution in [2.75, 3.05) is 12.9 Å². The summed E-state index contributed by atoms with van der Waals surface area (Å²) in [5, 5.41) is 10.3. The zero-order chi connectivity index (χ0) is 18.0. The first-order valence-corrected chi connectivity index (χ1v) is 9.05. The predicted molar refractivity (Wildman–Crippen MR) is 99.7 cm³/mol. The monoisotopic (exact) mass is 348 g/mol. The average molecular weight is 348 g/mol. The van der Waals surface area contributed by atoms with Gasteiger partial charge in [-0.3, -0.25) is 0 Å². The maximum Gasteiger partial charge on any atom is 0.337 e. The summed E-state index contributed by atoms with van der Waals surface area (Å²) in [7, 11) is 1.81. The van der Waals surface area contributed by atoms with E-state index in [-0.39, 0.29) is 5.97 Å². The molecule has 2 rings (SSSR count). The van der Waals surface area contributed by atoms with Gasteiger partial charge in [0.2, 0.25) is 0 Å². The number of hydrogen-bond donors (Lipinski definition) is 1. The van der Waals surface area contributed by atoms with E-state index in [1.165, 1.54) is 7.11 Å². The molecule has 0 saturated heterocycles. The highest BCUT2D eigenvalue weighted by Gasteiger charge is 2.36. The molecule has 1 aromatic rings. The summed E-state index contributed by atoms with van der Waals surface area (Å²) in [6.45, 7) is 7.28. The first kappa shape index (κ1) is 19.1. The number of ether oxygens (including phenoxy) is 1. The molecule has 0 spiro atoms. The van der Waals surface area contributed by atoms with Gasteiger partial charge in [0.05, 0.1) is 23.9 Å². The third kappa shape index (κ3) is 4.24. The van der Waals surface area contributed by atoms with Crippen molar-refractivity contribution in [1.82, 2.24) is 0 Å². The van der Waals surface area contributed by atoms with Crippen LogP contribution < -0.4 is 0 Å². The van der Waals surface area contributed by atoms with Crippen LogP contribution in [0, 0.1) is 0 Å². The lowest BCUT2D eigenvalue weighted by Crippen LogP contribution is -2.48. The molecule has 24 heavy (non-hydrogen) atoms. The fourth-order valence-electron chi connectivity index (χ4n) is 2.24. The van der Waals surface area contributed by atoms with Crippen LogP contribution in [0.3, 0.4) is 0 Å². The van der Waals surface area contributed by atoms with Gasteiger partial charge < -0.3 is 14.5 Å². The minimum Gasteiger partial charge on any atom is -0.465 e. The summed E-state index contributed by atoms with van der Waals surface area (Å²) in [6, 6.07) is 5.61.